The van der Waals surface area contributed by atoms with Crippen molar-refractivity contribution >= 4 is 23.8 Å². The molecule has 0 bridgehead atoms. The van der Waals surface area contributed by atoms with E-state index in [2.05, 4.69) is 17.6 Å². The number of esters is 1. The standard InChI is InChI=1S/C18H24N2O4S/c1-4-23-14-8-6-7-13(11-14)16-15(12(3)19-18(22)20-16)17(21)24-9-10-25-5-2/h6-8,11,16H,4-5,9-10H2,1-3H3,(H2,19,20,22)/t16-/m0/s1. The normalized spacial score (nSPS) is 16.9. The number of allylic oxidation sites excluding steroid dienone is 1. The highest BCUT2D eigenvalue weighted by molar-refractivity contribution is 7.99. The molecule has 1 aromatic rings. The van der Waals surface area contributed by atoms with Crippen molar-refractivity contribution in [2.24, 2.45) is 0 Å². The van der Waals surface area contributed by atoms with Crippen molar-refractivity contribution in [3.63, 3.8) is 0 Å². The molecule has 0 spiro atoms. The first-order valence-electron chi connectivity index (χ1n) is 8.32. The van der Waals surface area contributed by atoms with Gasteiger partial charge in [-0.15, -0.1) is 0 Å². The molecule has 136 valence electrons. The first-order chi connectivity index (χ1) is 12.1. The molecule has 0 saturated carbocycles. The van der Waals surface area contributed by atoms with Crippen molar-refractivity contribution in [2.45, 2.75) is 26.8 Å². The molecule has 0 aromatic heterocycles. The van der Waals surface area contributed by atoms with Gasteiger partial charge in [0.25, 0.3) is 0 Å². The van der Waals surface area contributed by atoms with Crippen LogP contribution in [0.25, 0.3) is 0 Å². The first kappa shape index (κ1) is 19.2. The molecule has 1 atom stereocenters. The van der Waals surface area contributed by atoms with Gasteiger partial charge >= 0.3 is 12.0 Å². The Hall–Kier alpha value is -2.15. The van der Waals surface area contributed by atoms with Crippen LogP contribution in [0, 0.1) is 0 Å². The molecule has 6 nitrogen and oxygen atoms in total. The number of urea groups is 1. The molecule has 1 aromatic carbocycles. The van der Waals surface area contributed by atoms with Crippen LogP contribution >= 0.6 is 11.8 Å². The van der Waals surface area contributed by atoms with Crippen molar-refractivity contribution in [3.8, 4) is 5.75 Å². The summed E-state index contributed by atoms with van der Waals surface area (Å²) in [4.78, 5) is 24.5. The zero-order valence-electron chi connectivity index (χ0n) is 14.8. The predicted octanol–water partition coefficient (Wildman–Crippen LogP) is 3.01. The number of hydrogen-bond donors (Lipinski definition) is 2. The van der Waals surface area contributed by atoms with Crippen molar-refractivity contribution in [1.82, 2.24) is 10.6 Å². The average Bonchev–Trinajstić information content (AvgIpc) is 2.58. The van der Waals surface area contributed by atoms with Crippen LogP contribution in [0.1, 0.15) is 32.4 Å². The molecule has 1 aliphatic heterocycles. The molecule has 0 fully saturated rings. The van der Waals surface area contributed by atoms with E-state index in [-0.39, 0.29) is 6.03 Å². The number of benzene rings is 1. The molecular weight excluding hydrogens is 340 g/mol. The number of carbonyl (C=O) groups is 2. The fraction of sp³-hybridized carbons (Fsp3) is 0.444. The van der Waals surface area contributed by atoms with E-state index in [1.165, 1.54) is 0 Å². The highest BCUT2D eigenvalue weighted by Crippen LogP contribution is 2.29. The second-order valence-corrected chi connectivity index (χ2v) is 6.80. The Labute approximate surface area is 152 Å². The Kier molecular flexibility index (Phi) is 7.18. The van der Waals surface area contributed by atoms with Crippen LogP contribution in [0.3, 0.4) is 0 Å². The highest BCUT2D eigenvalue weighted by atomic mass is 32.2. The SMILES string of the molecule is CCOc1cccc([C@@H]2NC(=O)NC(C)=C2C(=O)OCCSCC)c1. The van der Waals surface area contributed by atoms with Gasteiger partial charge in [-0.1, -0.05) is 19.1 Å². The summed E-state index contributed by atoms with van der Waals surface area (Å²) < 4.78 is 10.9. The first-order valence-corrected chi connectivity index (χ1v) is 9.48. The Morgan fingerprint density at radius 1 is 1.32 bits per heavy atom. The van der Waals surface area contributed by atoms with Gasteiger partial charge in [0.1, 0.15) is 12.4 Å². The van der Waals surface area contributed by atoms with Gasteiger partial charge in [0.05, 0.1) is 18.2 Å². The maximum atomic E-state index is 12.6. The van der Waals surface area contributed by atoms with Crippen LogP contribution in [0.2, 0.25) is 0 Å². The molecule has 1 heterocycles. The van der Waals surface area contributed by atoms with Crippen molar-refractivity contribution < 1.29 is 19.1 Å². The maximum absolute atomic E-state index is 12.6. The fourth-order valence-corrected chi connectivity index (χ4v) is 3.07. The smallest absolute Gasteiger partial charge is 0.338 e. The molecule has 2 amide bonds. The van der Waals surface area contributed by atoms with Gasteiger partial charge in [-0.2, -0.15) is 11.8 Å². The molecule has 2 N–H and O–H groups in total. The zero-order chi connectivity index (χ0) is 18.2. The van der Waals surface area contributed by atoms with Gasteiger partial charge in [0.15, 0.2) is 0 Å². The maximum Gasteiger partial charge on any atom is 0.338 e. The van der Waals surface area contributed by atoms with E-state index in [9.17, 15) is 9.59 Å². The Morgan fingerprint density at radius 2 is 2.12 bits per heavy atom. The van der Waals surface area contributed by atoms with E-state index in [1.807, 2.05) is 31.2 Å². The third-order valence-corrected chi connectivity index (χ3v) is 4.52. The Balaban J connectivity index is 2.24. The van der Waals surface area contributed by atoms with Crippen LogP contribution in [0.5, 0.6) is 5.75 Å². The van der Waals surface area contributed by atoms with Crippen LogP contribution < -0.4 is 15.4 Å². The molecule has 0 unspecified atom stereocenters. The average molecular weight is 364 g/mol. The highest BCUT2D eigenvalue weighted by Gasteiger charge is 2.32. The molecule has 0 saturated heterocycles. The second-order valence-electron chi connectivity index (χ2n) is 5.41. The second kappa shape index (κ2) is 9.36. The predicted molar refractivity (Wildman–Crippen MR) is 98.7 cm³/mol. The van der Waals surface area contributed by atoms with Gasteiger partial charge in [0, 0.05) is 11.4 Å². The molecule has 0 radical (unpaired) electrons. The molecule has 25 heavy (non-hydrogen) atoms. The quantitative estimate of drug-likeness (QED) is 0.548. The lowest BCUT2D eigenvalue weighted by Gasteiger charge is -2.28. The monoisotopic (exact) mass is 364 g/mol. The van der Waals surface area contributed by atoms with Crippen molar-refractivity contribution in [3.05, 3.63) is 41.1 Å². The summed E-state index contributed by atoms with van der Waals surface area (Å²) in [6.45, 7) is 6.55. The van der Waals surface area contributed by atoms with E-state index < -0.39 is 12.0 Å². The lowest BCUT2D eigenvalue weighted by molar-refractivity contribution is -0.138. The Morgan fingerprint density at radius 3 is 2.84 bits per heavy atom. The van der Waals surface area contributed by atoms with Gasteiger partial charge in [-0.25, -0.2) is 9.59 Å². The van der Waals surface area contributed by atoms with Crippen LogP contribution in [-0.2, 0) is 9.53 Å². The molecular formula is C18H24N2O4S. The number of nitrogens with one attached hydrogen (secondary N) is 2. The molecule has 0 aliphatic carbocycles. The summed E-state index contributed by atoms with van der Waals surface area (Å²) in [5.41, 5.74) is 1.69. The number of ether oxygens (including phenoxy) is 2. The summed E-state index contributed by atoms with van der Waals surface area (Å²) in [7, 11) is 0. The van der Waals surface area contributed by atoms with Gasteiger partial charge in [-0.05, 0) is 37.3 Å². The number of carbonyl (C=O) groups excluding carboxylic acids is 2. The summed E-state index contributed by atoms with van der Waals surface area (Å²) >= 11 is 1.71. The van der Waals surface area contributed by atoms with Crippen LogP contribution in [-0.4, -0.2) is 36.7 Å². The number of hydrogen-bond acceptors (Lipinski definition) is 5. The van der Waals surface area contributed by atoms with Gasteiger partial charge < -0.3 is 20.1 Å². The largest absolute Gasteiger partial charge is 0.494 e. The lowest BCUT2D eigenvalue weighted by Crippen LogP contribution is -2.45. The van der Waals surface area contributed by atoms with E-state index in [0.717, 1.165) is 17.1 Å². The molecule has 1 aliphatic rings. The molecule has 7 heteroatoms. The van der Waals surface area contributed by atoms with E-state index >= 15 is 0 Å². The van der Waals surface area contributed by atoms with E-state index in [4.69, 9.17) is 9.47 Å². The number of thioether (sulfide) groups is 1. The number of amides is 2. The Bertz CT molecular complexity index is 660. The summed E-state index contributed by atoms with van der Waals surface area (Å²) in [5.74, 6) is 1.99. The number of rotatable bonds is 8. The minimum absolute atomic E-state index is 0.341. The summed E-state index contributed by atoms with van der Waals surface area (Å²) in [6.07, 6.45) is 0. The van der Waals surface area contributed by atoms with E-state index in [1.54, 1.807) is 18.7 Å². The molecule has 2 rings (SSSR count). The third kappa shape index (κ3) is 5.16. The third-order valence-electron chi connectivity index (χ3n) is 3.66. The van der Waals surface area contributed by atoms with Crippen LogP contribution in [0.15, 0.2) is 35.5 Å². The van der Waals surface area contributed by atoms with Crippen LogP contribution in [0.4, 0.5) is 4.79 Å². The lowest BCUT2D eigenvalue weighted by atomic mass is 9.95. The minimum atomic E-state index is -0.569. The summed E-state index contributed by atoms with van der Waals surface area (Å²) in [5, 5.41) is 5.44. The van der Waals surface area contributed by atoms with Gasteiger partial charge in [0.2, 0.25) is 0 Å². The fourth-order valence-electron chi connectivity index (χ4n) is 2.58. The minimum Gasteiger partial charge on any atom is -0.494 e. The van der Waals surface area contributed by atoms with Crippen molar-refractivity contribution in [1.29, 1.82) is 0 Å². The summed E-state index contributed by atoms with van der Waals surface area (Å²) in [6, 6.07) is 6.44. The van der Waals surface area contributed by atoms with E-state index in [0.29, 0.717) is 30.2 Å². The zero-order valence-corrected chi connectivity index (χ0v) is 15.6. The van der Waals surface area contributed by atoms with Crippen molar-refractivity contribution in [2.75, 3.05) is 24.7 Å². The van der Waals surface area contributed by atoms with Gasteiger partial charge in [-0.3, -0.25) is 0 Å². The topological polar surface area (TPSA) is 76.7 Å².